The zero-order chi connectivity index (χ0) is 21.9. The van der Waals surface area contributed by atoms with Gasteiger partial charge in [-0.05, 0) is 76.9 Å². The Morgan fingerprint density at radius 1 is 1.17 bits per heavy atom. The van der Waals surface area contributed by atoms with Gasteiger partial charge in [0, 0.05) is 6.61 Å². The van der Waals surface area contributed by atoms with Crippen LogP contribution in [0.2, 0.25) is 18.1 Å². The van der Waals surface area contributed by atoms with Gasteiger partial charge in [0.1, 0.15) is 6.10 Å². The average molecular weight is 421 g/mol. The Morgan fingerprint density at radius 3 is 2.45 bits per heavy atom. The summed E-state index contributed by atoms with van der Waals surface area (Å²) in [6.07, 6.45) is 17.6. The molecule has 166 valence electrons. The zero-order valence-corrected chi connectivity index (χ0v) is 21.0. The van der Waals surface area contributed by atoms with Gasteiger partial charge in [0.2, 0.25) is 0 Å². The lowest BCUT2D eigenvalue weighted by molar-refractivity contribution is -0.155. The molecular formula is C25H44O3Si. The van der Waals surface area contributed by atoms with E-state index >= 15 is 0 Å². The van der Waals surface area contributed by atoms with E-state index in [9.17, 15) is 0 Å². The Morgan fingerprint density at radius 2 is 1.86 bits per heavy atom. The summed E-state index contributed by atoms with van der Waals surface area (Å²) in [5.41, 5.74) is 2.76. The third kappa shape index (κ3) is 10.6. The van der Waals surface area contributed by atoms with E-state index in [2.05, 4.69) is 65.8 Å². The fraction of sp³-hybridized carbons (Fsp3) is 0.760. The van der Waals surface area contributed by atoms with E-state index in [1.54, 1.807) is 0 Å². The van der Waals surface area contributed by atoms with Gasteiger partial charge in [0.25, 0.3) is 0 Å². The molecule has 0 N–H and O–H groups in total. The Hall–Kier alpha value is -0.863. The first-order valence-corrected chi connectivity index (χ1v) is 14.1. The molecule has 2 unspecified atom stereocenters. The molecule has 0 radical (unpaired) electrons. The third-order valence-electron chi connectivity index (χ3n) is 6.11. The zero-order valence-electron chi connectivity index (χ0n) is 20.0. The van der Waals surface area contributed by atoms with Gasteiger partial charge in [-0.3, -0.25) is 0 Å². The van der Waals surface area contributed by atoms with E-state index in [1.807, 2.05) is 0 Å². The summed E-state index contributed by atoms with van der Waals surface area (Å²) in [4.78, 5) is 0. The SMILES string of the molecule is C#CC(CC/C(C)=C/CC/C(C)=C/COC1CCCCO1)O[Si](C)(C)C(C)(C)C. The lowest BCUT2D eigenvalue weighted by Crippen LogP contribution is -2.43. The Labute approximate surface area is 181 Å². The smallest absolute Gasteiger partial charge is 0.193 e. The molecule has 1 rings (SSSR count). The minimum Gasteiger partial charge on any atom is -0.403 e. The maximum absolute atomic E-state index is 6.38. The molecule has 0 aromatic rings. The normalized spacial score (nSPS) is 20.4. The fourth-order valence-corrected chi connectivity index (χ4v) is 4.21. The Kier molecular flexibility index (Phi) is 11.5. The maximum atomic E-state index is 6.38. The monoisotopic (exact) mass is 420 g/mol. The second kappa shape index (κ2) is 12.7. The molecule has 0 aromatic heterocycles. The number of hydrogen-bond donors (Lipinski definition) is 0. The number of hydrogen-bond acceptors (Lipinski definition) is 3. The van der Waals surface area contributed by atoms with Crippen LogP contribution in [0.25, 0.3) is 0 Å². The highest BCUT2D eigenvalue weighted by Crippen LogP contribution is 2.37. The van der Waals surface area contributed by atoms with E-state index in [0.717, 1.165) is 45.1 Å². The maximum Gasteiger partial charge on any atom is 0.193 e. The molecule has 0 aromatic carbocycles. The van der Waals surface area contributed by atoms with Crippen LogP contribution in [0.15, 0.2) is 23.3 Å². The third-order valence-corrected chi connectivity index (χ3v) is 10.6. The van der Waals surface area contributed by atoms with Crippen molar-refractivity contribution in [3.63, 3.8) is 0 Å². The van der Waals surface area contributed by atoms with Crippen molar-refractivity contribution in [2.24, 2.45) is 0 Å². The van der Waals surface area contributed by atoms with Crippen molar-refractivity contribution in [2.45, 2.75) is 110 Å². The van der Waals surface area contributed by atoms with Gasteiger partial charge in [0.05, 0.1) is 6.61 Å². The van der Waals surface area contributed by atoms with Crippen LogP contribution >= 0.6 is 0 Å². The molecule has 0 amide bonds. The summed E-state index contributed by atoms with van der Waals surface area (Å²) in [5.74, 6) is 2.86. The van der Waals surface area contributed by atoms with Crippen LogP contribution in [-0.4, -0.2) is 33.9 Å². The molecule has 0 saturated carbocycles. The molecule has 3 nitrogen and oxygen atoms in total. The van der Waals surface area contributed by atoms with E-state index in [4.69, 9.17) is 20.3 Å². The number of ether oxygens (including phenoxy) is 2. The predicted molar refractivity (Wildman–Crippen MR) is 126 cm³/mol. The predicted octanol–water partition coefficient (Wildman–Crippen LogP) is 7.01. The summed E-state index contributed by atoms with van der Waals surface area (Å²) < 4.78 is 17.8. The van der Waals surface area contributed by atoms with Gasteiger partial charge < -0.3 is 13.9 Å². The van der Waals surface area contributed by atoms with Crippen molar-refractivity contribution < 1.29 is 13.9 Å². The van der Waals surface area contributed by atoms with Crippen molar-refractivity contribution in [2.75, 3.05) is 13.2 Å². The van der Waals surface area contributed by atoms with Crippen LogP contribution in [0, 0.1) is 12.3 Å². The minimum atomic E-state index is -1.82. The second-order valence-electron chi connectivity index (χ2n) is 9.84. The summed E-state index contributed by atoms with van der Waals surface area (Å²) in [6.45, 7) is 17.1. The summed E-state index contributed by atoms with van der Waals surface area (Å²) in [6, 6.07) is 0. The van der Waals surface area contributed by atoms with Crippen molar-refractivity contribution in [1.29, 1.82) is 0 Å². The van der Waals surface area contributed by atoms with Crippen molar-refractivity contribution >= 4 is 8.32 Å². The highest BCUT2D eigenvalue weighted by atomic mass is 28.4. The molecule has 1 aliphatic heterocycles. The molecule has 4 heteroatoms. The van der Waals surface area contributed by atoms with Crippen LogP contribution in [0.5, 0.6) is 0 Å². The van der Waals surface area contributed by atoms with Gasteiger partial charge in [-0.2, -0.15) is 0 Å². The largest absolute Gasteiger partial charge is 0.403 e. The molecule has 2 atom stereocenters. The Balaban J connectivity index is 2.31. The summed E-state index contributed by atoms with van der Waals surface area (Å²) >= 11 is 0. The van der Waals surface area contributed by atoms with Gasteiger partial charge in [-0.25, -0.2) is 0 Å². The highest BCUT2D eigenvalue weighted by molar-refractivity contribution is 6.74. The molecule has 1 fully saturated rings. The molecule has 1 aliphatic rings. The number of allylic oxidation sites excluding steroid dienone is 3. The first kappa shape index (κ1) is 26.2. The van der Waals surface area contributed by atoms with Crippen LogP contribution in [-0.2, 0) is 13.9 Å². The van der Waals surface area contributed by atoms with Crippen LogP contribution in [0.4, 0.5) is 0 Å². The summed E-state index contributed by atoms with van der Waals surface area (Å²) in [7, 11) is -1.82. The average Bonchev–Trinajstić information content (AvgIpc) is 2.65. The fourth-order valence-electron chi connectivity index (χ4n) is 2.96. The van der Waals surface area contributed by atoms with E-state index in [0.29, 0.717) is 6.61 Å². The van der Waals surface area contributed by atoms with Gasteiger partial charge in [0.15, 0.2) is 14.6 Å². The molecule has 29 heavy (non-hydrogen) atoms. The number of rotatable bonds is 11. The molecule has 1 saturated heterocycles. The van der Waals surface area contributed by atoms with E-state index < -0.39 is 8.32 Å². The van der Waals surface area contributed by atoms with Gasteiger partial charge >= 0.3 is 0 Å². The molecule has 0 aliphatic carbocycles. The summed E-state index contributed by atoms with van der Waals surface area (Å²) in [5, 5.41) is 0.184. The quantitative estimate of drug-likeness (QED) is 0.204. The number of terminal acetylenes is 1. The lowest BCUT2D eigenvalue weighted by atomic mass is 10.1. The van der Waals surface area contributed by atoms with E-state index in [1.165, 1.54) is 17.6 Å². The highest BCUT2D eigenvalue weighted by Gasteiger charge is 2.38. The molecule has 0 spiro atoms. The van der Waals surface area contributed by atoms with Crippen molar-refractivity contribution in [1.82, 2.24) is 0 Å². The molecular weight excluding hydrogens is 376 g/mol. The second-order valence-corrected chi connectivity index (χ2v) is 14.6. The first-order valence-electron chi connectivity index (χ1n) is 11.2. The first-order chi connectivity index (χ1) is 13.5. The van der Waals surface area contributed by atoms with Crippen LogP contribution in [0.3, 0.4) is 0 Å². The van der Waals surface area contributed by atoms with E-state index in [-0.39, 0.29) is 17.4 Å². The topological polar surface area (TPSA) is 27.7 Å². The minimum absolute atomic E-state index is 0.00687. The standard InChI is InChI=1S/C25H44O3Si/c1-9-23(28-29(7,8)25(4,5)6)17-16-21(2)13-12-14-22(3)18-20-27-24-15-10-11-19-26-24/h1,13,18,23-24H,10-12,14-17,19-20H2,2-8H3/b21-13+,22-18+. The molecule has 0 bridgehead atoms. The lowest BCUT2D eigenvalue weighted by Gasteiger charge is -2.38. The van der Waals surface area contributed by atoms with Crippen LogP contribution < -0.4 is 0 Å². The van der Waals surface area contributed by atoms with Crippen molar-refractivity contribution in [3.8, 4) is 12.3 Å². The van der Waals surface area contributed by atoms with Gasteiger partial charge in [-0.1, -0.05) is 50.0 Å². The van der Waals surface area contributed by atoms with Crippen LogP contribution in [0.1, 0.15) is 79.6 Å². The molecule has 1 heterocycles. The van der Waals surface area contributed by atoms with Crippen molar-refractivity contribution in [3.05, 3.63) is 23.3 Å². The van der Waals surface area contributed by atoms with Gasteiger partial charge in [-0.15, -0.1) is 6.42 Å². The Bertz CT molecular complexity index is 572.